The Bertz CT molecular complexity index is 746. The Morgan fingerprint density at radius 1 is 1.08 bits per heavy atom. The zero-order chi connectivity index (χ0) is 17.6. The van der Waals surface area contributed by atoms with E-state index in [4.69, 9.17) is 14.2 Å². The van der Waals surface area contributed by atoms with E-state index in [0.29, 0.717) is 18.0 Å². The molecule has 1 aliphatic heterocycles. The Morgan fingerprint density at radius 3 is 2.48 bits per heavy atom. The zero-order valence-corrected chi connectivity index (χ0v) is 13.9. The Hall–Kier alpha value is -3.02. The van der Waals surface area contributed by atoms with Crippen molar-refractivity contribution in [3.63, 3.8) is 0 Å². The summed E-state index contributed by atoms with van der Waals surface area (Å²) in [6, 6.07) is 16.3. The first-order valence-electron chi connectivity index (χ1n) is 8.09. The summed E-state index contributed by atoms with van der Waals surface area (Å²) in [5.41, 5.74) is 0.761. The maximum absolute atomic E-state index is 12.3. The van der Waals surface area contributed by atoms with Gasteiger partial charge in [0.05, 0.1) is 0 Å². The highest BCUT2D eigenvalue weighted by Crippen LogP contribution is 2.31. The van der Waals surface area contributed by atoms with E-state index < -0.39 is 12.1 Å². The number of fused-ring (bicyclic) bond motifs is 1. The van der Waals surface area contributed by atoms with Gasteiger partial charge in [-0.2, -0.15) is 0 Å². The van der Waals surface area contributed by atoms with Gasteiger partial charge in [-0.1, -0.05) is 30.3 Å². The summed E-state index contributed by atoms with van der Waals surface area (Å²) in [5.74, 6) is 0.163. The van der Waals surface area contributed by atoms with Gasteiger partial charge in [0.2, 0.25) is 6.10 Å². The normalized spacial score (nSPS) is 15.3. The molecule has 0 spiro atoms. The number of likely N-dealkylation sites (N-methyl/N-ethyl adjacent to an activating group) is 1. The van der Waals surface area contributed by atoms with Crippen LogP contribution in [0.2, 0.25) is 0 Å². The van der Waals surface area contributed by atoms with Crippen molar-refractivity contribution in [2.24, 2.45) is 0 Å². The molecule has 6 heteroatoms. The Balaban J connectivity index is 1.56. The Morgan fingerprint density at radius 2 is 1.76 bits per heavy atom. The molecule has 1 aliphatic rings. The van der Waals surface area contributed by atoms with Gasteiger partial charge < -0.3 is 19.1 Å². The highest BCUT2D eigenvalue weighted by Gasteiger charge is 2.29. The van der Waals surface area contributed by atoms with Crippen LogP contribution in [0.4, 0.5) is 5.69 Å². The summed E-state index contributed by atoms with van der Waals surface area (Å²) in [5, 5.41) is 0. The lowest BCUT2D eigenvalue weighted by atomic mass is 10.2. The van der Waals surface area contributed by atoms with Crippen molar-refractivity contribution >= 4 is 17.6 Å². The molecule has 1 amide bonds. The molecule has 1 heterocycles. The highest BCUT2D eigenvalue weighted by molar-refractivity contribution is 5.95. The molecule has 0 saturated carbocycles. The van der Waals surface area contributed by atoms with E-state index in [0.717, 1.165) is 5.69 Å². The van der Waals surface area contributed by atoms with Gasteiger partial charge in [0, 0.05) is 12.2 Å². The number of para-hydroxylation sites is 3. The van der Waals surface area contributed by atoms with Crippen molar-refractivity contribution in [1.29, 1.82) is 0 Å². The Labute approximate surface area is 145 Å². The number of nitrogens with zero attached hydrogens (tertiary/aromatic N) is 1. The van der Waals surface area contributed by atoms with E-state index in [2.05, 4.69) is 0 Å². The second-order valence-electron chi connectivity index (χ2n) is 5.45. The maximum Gasteiger partial charge on any atom is 0.351 e. The smallest absolute Gasteiger partial charge is 0.351 e. The number of rotatable bonds is 5. The third kappa shape index (κ3) is 3.91. The maximum atomic E-state index is 12.3. The molecule has 0 aliphatic carbocycles. The van der Waals surface area contributed by atoms with Gasteiger partial charge in [0.15, 0.2) is 18.1 Å². The van der Waals surface area contributed by atoms with Crippen LogP contribution in [0.25, 0.3) is 0 Å². The van der Waals surface area contributed by atoms with Gasteiger partial charge >= 0.3 is 5.97 Å². The van der Waals surface area contributed by atoms with Crippen molar-refractivity contribution in [2.45, 2.75) is 13.0 Å². The van der Waals surface area contributed by atoms with E-state index in [-0.39, 0.29) is 19.1 Å². The molecule has 6 nitrogen and oxygen atoms in total. The van der Waals surface area contributed by atoms with Crippen LogP contribution in [-0.4, -0.2) is 37.7 Å². The molecule has 0 bridgehead atoms. The van der Waals surface area contributed by atoms with E-state index in [1.807, 2.05) is 43.3 Å². The van der Waals surface area contributed by atoms with E-state index in [1.54, 1.807) is 23.1 Å². The third-order valence-corrected chi connectivity index (χ3v) is 3.79. The highest BCUT2D eigenvalue weighted by atomic mass is 16.6. The van der Waals surface area contributed by atoms with Crippen LogP contribution in [0.3, 0.4) is 0 Å². The topological polar surface area (TPSA) is 65.1 Å². The van der Waals surface area contributed by atoms with E-state index >= 15 is 0 Å². The predicted molar refractivity (Wildman–Crippen MR) is 91.8 cm³/mol. The van der Waals surface area contributed by atoms with Gasteiger partial charge in [-0.25, -0.2) is 4.79 Å². The molecule has 1 unspecified atom stereocenters. The minimum absolute atomic E-state index is 0.0558. The number of hydrogen-bond acceptors (Lipinski definition) is 5. The van der Waals surface area contributed by atoms with Gasteiger partial charge in [0.25, 0.3) is 5.91 Å². The summed E-state index contributed by atoms with van der Waals surface area (Å²) in [4.78, 5) is 26.1. The van der Waals surface area contributed by atoms with E-state index in [1.165, 1.54) is 0 Å². The van der Waals surface area contributed by atoms with Crippen molar-refractivity contribution in [3.8, 4) is 11.5 Å². The summed E-state index contributed by atoms with van der Waals surface area (Å²) >= 11 is 0. The van der Waals surface area contributed by atoms with Gasteiger partial charge in [-0.15, -0.1) is 0 Å². The number of carbonyl (C=O) groups excluding carboxylic acids is 2. The quantitative estimate of drug-likeness (QED) is 0.782. The van der Waals surface area contributed by atoms with E-state index in [9.17, 15) is 9.59 Å². The third-order valence-electron chi connectivity index (χ3n) is 3.79. The lowest BCUT2D eigenvalue weighted by Gasteiger charge is -2.25. The number of carbonyl (C=O) groups is 2. The Kier molecular flexibility index (Phi) is 5.18. The van der Waals surface area contributed by atoms with Crippen LogP contribution >= 0.6 is 0 Å². The van der Waals surface area contributed by atoms with Crippen LogP contribution in [0.15, 0.2) is 54.6 Å². The molecule has 0 radical (unpaired) electrons. The van der Waals surface area contributed by atoms with Crippen LogP contribution < -0.4 is 14.4 Å². The fourth-order valence-electron chi connectivity index (χ4n) is 2.55. The predicted octanol–water partition coefficient (Wildman–Crippen LogP) is 2.42. The first-order chi connectivity index (χ1) is 12.2. The average molecular weight is 341 g/mol. The first-order valence-corrected chi connectivity index (χ1v) is 8.09. The second-order valence-corrected chi connectivity index (χ2v) is 5.45. The first kappa shape index (κ1) is 16.8. The molecule has 0 aromatic heterocycles. The average Bonchev–Trinajstić information content (AvgIpc) is 2.67. The molecule has 1 atom stereocenters. The minimum Gasteiger partial charge on any atom is -0.485 e. The minimum atomic E-state index is -0.880. The second kappa shape index (κ2) is 7.70. The number of esters is 1. The largest absolute Gasteiger partial charge is 0.485 e. The van der Waals surface area contributed by atoms with Crippen LogP contribution in [0, 0.1) is 0 Å². The summed E-state index contributed by atoms with van der Waals surface area (Å²) in [7, 11) is 0. The SMILES string of the molecule is CCN(C(=O)COC(=O)C1COc2ccccc2O1)c1ccccc1. The summed E-state index contributed by atoms with van der Waals surface area (Å²) in [6.45, 7) is 2.06. The number of ether oxygens (including phenoxy) is 3. The summed E-state index contributed by atoms with van der Waals surface area (Å²) < 4.78 is 16.2. The molecule has 3 rings (SSSR count). The molecule has 2 aromatic rings. The van der Waals surface area contributed by atoms with Gasteiger partial charge in [0.1, 0.15) is 6.61 Å². The van der Waals surface area contributed by atoms with Crippen LogP contribution in [0.1, 0.15) is 6.92 Å². The molecule has 0 saturated heterocycles. The van der Waals surface area contributed by atoms with Gasteiger partial charge in [-0.3, -0.25) is 4.79 Å². The molecule has 2 aromatic carbocycles. The molecular weight excluding hydrogens is 322 g/mol. The molecule has 0 N–H and O–H groups in total. The number of hydrogen-bond donors (Lipinski definition) is 0. The fraction of sp³-hybridized carbons (Fsp3) is 0.263. The van der Waals surface area contributed by atoms with Crippen molar-refractivity contribution in [1.82, 2.24) is 0 Å². The van der Waals surface area contributed by atoms with Crippen LogP contribution in [-0.2, 0) is 14.3 Å². The monoisotopic (exact) mass is 341 g/mol. The number of benzene rings is 2. The molecule has 0 fully saturated rings. The van der Waals surface area contributed by atoms with Crippen molar-refractivity contribution in [2.75, 3.05) is 24.7 Å². The van der Waals surface area contributed by atoms with Crippen LogP contribution in [0.5, 0.6) is 11.5 Å². The standard InChI is InChI=1S/C19H19NO5/c1-2-20(14-8-4-3-5-9-14)18(21)13-24-19(22)17-12-23-15-10-6-7-11-16(15)25-17/h3-11,17H,2,12-13H2,1H3. The summed E-state index contributed by atoms with van der Waals surface area (Å²) in [6.07, 6.45) is -0.880. The lowest BCUT2D eigenvalue weighted by Crippen LogP contribution is -2.40. The van der Waals surface area contributed by atoms with Crippen molar-refractivity contribution < 1.29 is 23.8 Å². The number of anilines is 1. The number of amides is 1. The van der Waals surface area contributed by atoms with Crippen molar-refractivity contribution in [3.05, 3.63) is 54.6 Å². The molecule has 130 valence electrons. The lowest BCUT2D eigenvalue weighted by molar-refractivity contribution is -0.157. The molecule has 25 heavy (non-hydrogen) atoms. The zero-order valence-electron chi connectivity index (χ0n) is 13.9. The van der Waals surface area contributed by atoms with Gasteiger partial charge in [-0.05, 0) is 31.2 Å². The fourth-order valence-corrected chi connectivity index (χ4v) is 2.55. The molecular formula is C19H19NO5.